The summed E-state index contributed by atoms with van der Waals surface area (Å²) >= 11 is 6.24. The highest BCUT2D eigenvalue weighted by atomic mass is 35.5. The van der Waals surface area contributed by atoms with E-state index in [1.165, 1.54) is 0 Å². The van der Waals surface area contributed by atoms with Crippen LogP contribution in [-0.4, -0.2) is 27.0 Å². The van der Waals surface area contributed by atoms with E-state index in [2.05, 4.69) is 10.2 Å². The average Bonchev–Trinajstić information content (AvgIpc) is 2.82. The van der Waals surface area contributed by atoms with Crippen LogP contribution in [0.15, 0.2) is 58.3 Å². The van der Waals surface area contributed by atoms with E-state index in [0.717, 1.165) is 16.8 Å². The topological polar surface area (TPSA) is 86.2 Å². The van der Waals surface area contributed by atoms with Crippen LogP contribution in [0, 0.1) is 0 Å². The molecule has 0 saturated carbocycles. The maximum Gasteiger partial charge on any atom is 0.280 e. The fraction of sp³-hybridized carbons (Fsp3) is 0.158. The summed E-state index contributed by atoms with van der Waals surface area (Å²) in [6, 6.07) is 15.2. The average molecular weight is 366 g/mol. The van der Waals surface area contributed by atoms with E-state index in [0.29, 0.717) is 35.2 Å². The third-order valence-corrected chi connectivity index (χ3v) is 4.49. The highest BCUT2D eigenvalue weighted by Gasteiger charge is 2.22. The molecule has 0 radical (unpaired) electrons. The maximum atomic E-state index is 13.0. The number of hydrogen-bond donors (Lipinski definition) is 1. The molecular weight excluding hydrogens is 350 g/mol. The summed E-state index contributed by atoms with van der Waals surface area (Å²) in [5.41, 5.74) is 8.93. The molecule has 0 atom stereocenters. The first-order valence-electron chi connectivity index (χ1n) is 8.27. The van der Waals surface area contributed by atoms with Crippen LogP contribution in [0.5, 0.6) is 0 Å². The lowest BCUT2D eigenvalue weighted by atomic mass is 10.0. The summed E-state index contributed by atoms with van der Waals surface area (Å²) < 4.78 is 1.57. The number of rotatable bonds is 3. The first-order valence-corrected chi connectivity index (χ1v) is 8.64. The van der Waals surface area contributed by atoms with Crippen molar-refractivity contribution >= 4 is 17.3 Å². The number of aliphatic imine (C=N–C) groups is 1. The van der Waals surface area contributed by atoms with Crippen LogP contribution in [0.25, 0.3) is 5.69 Å². The van der Waals surface area contributed by atoms with E-state index in [1.54, 1.807) is 10.6 Å². The van der Waals surface area contributed by atoms with Crippen molar-refractivity contribution in [3.05, 3.63) is 86.6 Å². The Balaban J connectivity index is 2.00. The molecule has 0 spiro atoms. The summed E-state index contributed by atoms with van der Waals surface area (Å²) in [5, 5.41) is 8.85. The van der Waals surface area contributed by atoms with Gasteiger partial charge >= 0.3 is 0 Å². The van der Waals surface area contributed by atoms with E-state index in [9.17, 15) is 4.79 Å². The van der Waals surface area contributed by atoms with Gasteiger partial charge in [0.25, 0.3) is 5.56 Å². The van der Waals surface area contributed by atoms with Crippen LogP contribution in [-0.2, 0) is 13.0 Å². The number of nitrogens with zero attached hydrogens (tertiary/aromatic N) is 4. The number of benzene rings is 2. The van der Waals surface area contributed by atoms with E-state index in [-0.39, 0.29) is 12.1 Å². The fourth-order valence-electron chi connectivity index (χ4n) is 3.07. The van der Waals surface area contributed by atoms with Crippen LogP contribution >= 0.6 is 11.6 Å². The molecule has 0 aliphatic carbocycles. The zero-order valence-corrected chi connectivity index (χ0v) is 14.6. The molecule has 2 N–H and O–H groups in total. The number of fused-ring (bicyclic) bond motifs is 3. The van der Waals surface area contributed by atoms with E-state index in [4.69, 9.17) is 22.3 Å². The number of halogens is 1. The quantitative estimate of drug-likeness (QED) is 0.770. The van der Waals surface area contributed by atoms with Crippen molar-refractivity contribution < 1.29 is 0 Å². The fourth-order valence-corrected chi connectivity index (χ4v) is 3.24. The highest BCUT2D eigenvalue weighted by Crippen LogP contribution is 2.26. The molecule has 2 heterocycles. The van der Waals surface area contributed by atoms with Gasteiger partial charge in [-0.1, -0.05) is 41.9 Å². The molecule has 0 saturated heterocycles. The molecule has 2 aromatic carbocycles. The second kappa shape index (κ2) is 6.82. The molecule has 26 heavy (non-hydrogen) atoms. The van der Waals surface area contributed by atoms with E-state index in [1.807, 2.05) is 42.5 Å². The van der Waals surface area contributed by atoms with Crippen molar-refractivity contribution in [2.24, 2.45) is 10.7 Å². The summed E-state index contributed by atoms with van der Waals surface area (Å²) in [5.74, 6) is 0.491. The van der Waals surface area contributed by atoms with Gasteiger partial charge in [0.05, 0.1) is 11.4 Å². The highest BCUT2D eigenvalue weighted by molar-refractivity contribution is 6.31. The standard InChI is InChI=1S/C19H16ClN5O/c20-13-6-7-16-14(10-13)18(12-4-2-1-3-5-12)22-11-17-24-23-15(8-9-21)19(26)25(16)17/h1-7,10H,8-9,11,21H2. The van der Waals surface area contributed by atoms with Crippen molar-refractivity contribution in [2.45, 2.75) is 13.0 Å². The minimum absolute atomic E-state index is 0.214. The summed E-state index contributed by atoms with van der Waals surface area (Å²) in [4.78, 5) is 17.7. The predicted octanol–water partition coefficient (Wildman–Crippen LogP) is 2.13. The normalized spacial score (nSPS) is 12.8. The summed E-state index contributed by atoms with van der Waals surface area (Å²) in [6.45, 7) is 0.587. The Morgan fingerprint density at radius 3 is 2.69 bits per heavy atom. The zero-order valence-electron chi connectivity index (χ0n) is 13.9. The number of hydrogen-bond acceptors (Lipinski definition) is 5. The Kier molecular flexibility index (Phi) is 4.36. The van der Waals surface area contributed by atoms with Gasteiger partial charge in [-0.05, 0) is 24.7 Å². The Bertz CT molecular complexity index is 1060. The van der Waals surface area contributed by atoms with Crippen molar-refractivity contribution in [1.29, 1.82) is 0 Å². The smallest absolute Gasteiger partial charge is 0.280 e. The number of aromatic nitrogens is 3. The van der Waals surface area contributed by atoms with E-state index >= 15 is 0 Å². The van der Waals surface area contributed by atoms with Crippen molar-refractivity contribution in [3.63, 3.8) is 0 Å². The second-order valence-electron chi connectivity index (χ2n) is 5.93. The molecule has 130 valence electrons. The largest absolute Gasteiger partial charge is 0.330 e. The molecule has 4 rings (SSSR count). The SMILES string of the molecule is NCCc1nnc2n(c1=O)-c1ccc(Cl)cc1C(c1ccccc1)=NC2. The minimum Gasteiger partial charge on any atom is -0.330 e. The molecule has 6 nitrogen and oxygen atoms in total. The molecule has 1 aromatic heterocycles. The minimum atomic E-state index is -0.214. The first-order chi connectivity index (χ1) is 12.7. The molecule has 0 amide bonds. The first kappa shape index (κ1) is 16.6. The lowest BCUT2D eigenvalue weighted by molar-refractivity contribution is 0.708. The van der Waals surface area contributed by atoms with Gasteiger partial charge in [0.1, 0.15) is 12.2 Å². The molecular formula is C19H16ClN5O. The van der Waals surface area contributed by atoms with Gasteiger partial charge < -0.3 is 5.73 Å². The monoisotopic (exact) mass is 365 g/mol. The third kappa shape index (κ3) is 2.83. The van der Waals surface area contributed by atoms with Crippen molar-refractivity contribution in [2.75, 3.05) is 6.54 Å². The summed E-state index contributed by atoms with van der Waals surface area (Å²) in [6.07, 6.45) is 0.376. The second-order valence-corrected chi connectivity index (χ2v) is 6.37. The molecule has 7 heteroatoms. The number of nitrogens with two attached hydrogens (primary N) is 1. The van der Waals surface area contributed by atoms with E-state index < -0.39 is 0 Å². The van der Waals surface area contributed by atoms with Crippen molar-refractivity contribution in [1.82, 2.24) is 14.8 Å². The van der Waals surface area contributed by atoms with Crippen molar-refractivity contribution in [3.8, 4) is 5.69 Å². The maximum absolute atomic E-state index is 13.0. The lowest BCUT2D eigenvalue weighted by Gasteiger charge is -2.14. The van der Waals surface area contributed by atoms with Gasteiger partial charge in [-0.3, -0.25) is 14.4 Å². The van der Waals surface area contributed by atoms with Crippen LogP contribution in [0.4, 0.5) is 0 Å². The Hall–Kier alpha value is -2.83. The molecule has 1 aliphatic rings. The molecule has 3 aromatic rings. The molecule has 0 unspecified atom stereocenters. The van der Waals surface area contributed by atoms with Crippen LogP contribution in [0.1, 0.15) is 22.6 Å². The van der Waals surface area contributed by atoms with Gasteiger partial charge in [0, 0.05) is 22.6 Å². The van der Waals surface area contributed by atoms with Gasteiger partial charge in [-0.15, -0.1) is 10.2 Å². The molecule has 0 bridgehead atoms. The van der Waals surface area contributed by atoms with Gasteiger partial charge in [-0.2, -0.15) is 0 Å². The van der Waals surface area contributed by atoms with Crippen LogP contribution in [0.2, 0.25) is 5.02 Å². The van der Waals surface area contributed by atoms with Gasteiger partial charge in [0.15, 0.2) is 5.82 Å². The van der Waals surface area contributed by atoms with Crippen LogP contribution in [0.3, 0.4) is 0 Å². The van der Waals surface area contributed by atoms with Gasteiger partial charge in [0.2, 0.25) is 0 Å². The van der Waals surface area contributed by atoms with Gasteiger partial charge in [-0.25, -0.2) is 0 Å². The zero-order chi connectivity index (χ0) is 18.1. The Morgan fingerprint density at radius 2 is 1.92 bits per heavy atom. The predicted molar refractivity (Wildman–Crippen MR) is 101 cm³/mol. The summed E-state index contributed by atoms with van der Waals surface area (Å²) in [7, 11) is 0. The third-order valence-electron chi connectivity index (χ3n) is 4.26. The Morgan fingerprint density at radius 1 is 1.12 bits per heavy atom. The van der Waals surface area contributed by atoms with Crippen LogP contribution < -0.4 is 11.3 Å². The lowest BCUT2D eigenvalue weighted by Crippen LogP contribution is -2.30. The molecule has 0 fully saturated rings. The molecule has 1 aliphatic heterocycles. The Labute approximate surface area is 155 Å².